The Morgan fingerprint density at radius 1 is 1.55 bits per heavy atom. The van der Waals surface area contributed by atoms with Crippen LogP contribution >= 0.6 is 0 Å². The highest BCUT2D eigenvalue weighted by Gasteiger charge is 2.56. The summed E-state index contributed by atoms with van der Waals surface area (Å²) in [5.41, 5.74) is 0. The lowest BCUT2D eigenvalue weighted by Gasteiger charge is -2.09. The van der Waals surface area contributed by atoms with Gasteiger partial charge in [0.25, 0.3) is 0 Å². The molecule has 0 spiro atoms. The molecule has 1 saturated heterocycles. The van der Waals surface area contributed by atoms with Crippen molar-refractivity contribution in [2.75, 3.05) is 0 Å². The predicted molar refractivity (Wildman–Crippen MR) is 41.2 cm³/mol. The first kappa shape index (κ1) is 7.29. The van der Waals surface area contributed by atoms with E-state index < -0.39 is 0 Å². The van der Waals surface area contributed by atoms with E-state index in [-0.39, 0.29) is 5.92 Å². The third kappa shape index (κ3) is 1.00. The summed E-state index contributed by atoms with van der Waals surface area (Å²) in [4.78, 5) is 11.3. The molecular formula is C9H14O2. The van der Waals surface area contributed by atoms with Gasteiger partial charge >= 0.3 is 0 Å². The number of epoxide rings is 1. The number of Topliss-reactive ketones (excluding diaryl/α,β-unsaturated/α-hetero) is 1. The summed E-state index contributed by atoms with van der Waals surface area (Å²) >= 11 is 0. The number of hydrogen-bond donors (Lipinski definition) is 0. The van der Waals surface area contributed by atoms with Gasteiger partial charge in [0.1, 0.15) is 5.78 Å². The van der Waals surface area contributed by atoms with E-state index in [2.05, 4.69) is 6.92 Å². The molecule has 1 aliphatic heterocycles. The highest BCUT2D eigenvalue weighted by atomic mass is 16.6. The van der Waals surface area contributed by atoms with E-state index in [0.717, 1.165) is 6.42 Å². The van der Waals surface area contributed by atoms with Gasteiger partial charge in [-0.1, -0.05) is 13.8 Å². The Bertz CT molecular complexity index is 188. The Morgan fingerprint density at radius 3 is 2.64 bits per heavy atom. The molecule has 0 aromatic rings. The quantitative estimate of drug-likeness (QED) is 0.562. The maximum Gasteiger partial charge on any atom is 0.138 e. The predicted octanol–water partition coefficient (Wildman–Crippen LogP) is 1.39. The third-order valence-electron chi connectivity index (χ3n) is 2.91. The van der Waals surface area contributed by atoms with Crippen LogP contribution in [0, 0.1) is 11.8 Å². The summed E-state index contributed by atoms with van der Waals surface area (Å²) in [5.74, 6) is 1.24. The fourth-order valence-corrected chi connectivity index (χ4v) is 2.16. The fraction of sp³-hybridized carbons (Fsp3) is 0.889. The molecule has 62 valence electrons. The number of carbonyl (C=O) groups excluding carboxylic acids is 1. The molecule has 1 heterocycles. The lowest BCUT2D eigenvalue weighted by Crippen LogP contribution is -2.16. The topological polar surface area (TPSA) is 29.6 Å². The molecule has 1 saturated carbocycles. The second kappa shape index (κ2) is 2.31. The van der Waals surface area contributed by atoms with E-state index in [9.17, 15) is 4.79 Å². The first-order chi connectivity index (χ1) is 5.24. The van der Waals surface area contributed by atoms with Crippen LogP contribution in [0.25, 0.3) is 0 Å². The summed E-state index contributed by atoms with van der Waals surface area (Å²) in [6, 6.07) is 0. The number of fused-ring (bicyclic) bond motifs is 1. The average molecular weight is 154 g/mol. The highest BCUT2D eigenvalue weighted by Crippen LogP contribution is 2.47. The van der Waals surface area contributed by atoms with Crippen LogP contribution in [0.15, 0.2) is 0 Å². The second-order valence-electron chi connectivity index (χ2n) is 3.70. The summed E-state index contributed by atoms with van der Waals surface area (Å²) in [5, 5.41) is 0. The van der Waals surface area contributed by atoms with E-state index >= 15 is 0 Å². The molecular weight excluding hydrogens is 140 g/mol. The minimum absolute atomic E-state index is 0.236. The molecule has 0 N–H and O–H groups in total. The third-order valence-corrected chi connectivity index (χ3v) is 2.91. The van der Waals surface area contributed by atoms with Crippen LogP contribution in [0.3, 0.4) is 0 Å². The largest absolute Gasteiger partial charge is 0.369 e. The van der Waals surface area contributed by atoms with Crippen LogP contribution in [0.4, 0.5) is 0 Å². The molecule has 0 bridgehead atoms. The van der Waals surface area contributed by atoms with Crippen molar-refractivity contribution in [2.24, 2.45) is 11.8 Å². The molecule has 0 aromatic carbocycles. The van der Waals surface area contributed by atoms with Gasteiger partial charge < -0.3 is 4.74 Å². The van der Waals surface area contributed by atoms with Crippen molar-refractivity contribution in [3.05, 3.63) is 0 Å². The maximum atomic E-state index is 11.3. The Kier molecular flexibility index (Phi) is 1.53. The van der Waals surface area contributed by atoms with Crippen molar-refractivity contribution in [2.45, 2.75) is 38.9 Å². The van der Waals surface area contributed by atoms with Crippen molar-refractivity contribution >= 4 is 5.78 Å². The summed E-state index contributed by atoms with van der Waals surface area (Å²) in [6.45, 7) is 4.11. The van der Waals surface area contributed by atoms with Gasteiger partial charge in [-0.05, 0) is 12.3 Å². The molecule has 11 heavy (non-hydrogen) atoms. The monoisotopic (exact) mass is 154 g/mol. The molecule has 2 fully saturated rings. The zero-order chi connectivity index (χ0) is 8.01. The first-order valence-electron chi connectivity index (χ1n) is 4.42. The molecule has 0 amide bonds. The number of ether oxygens (including phenoxy) is 1. The molecule has 0 aromatic heterocycles. The lowest BCUT2D eigenvalue weighted by atomic mass is 9.98. The van der Waals surface area contributed by atoms with Gasteiger partial charge in [-0.15, -0.1) is 0 Å². The SMILES string of the molecule is CCC(=O)C1CC(C)C2OC12. The average Bonchev–Trinajstić information content (AvgIpc) is 2.72. The number of hydrogen-bond acceptors (Lipinski definition) is 2. The Morgan fingerprint density at radius 2 is 2.27 bits per heavy atom. The van der Waals surface area contributed by atoms with Gasteiger partial charge in [0.05, 0.1) is 12.2 Å². The van der Waals surface area contributed by atoms with Gasteiger partial charge in [0, 0.05) is 12.3 Å². The second-order valence-corrected chi connectivity index (χ2v) is 3.70. The van der Waals surface area contributed by atoms with E-state index in [1.807, 2.05) is 6.92 Å². The van der Waals surface area contributed by atoms with Gasteiger partial charge in [0.15, 0.2) is 0 Å². The Hall–Kier alpha value is -0.370. The number of ketones is 1. The van der Waals surface area contributed by atoms with Gasteiger partial charge in [-0.3, -0.25) is 4.79 Å². The van der Waals surface area contributed by atoms with Crippen molar-refractivity contribution in [3.63, 3.8) is 0 Å². The van der Waals surface area contributed by atoms with Crippen LogP contribution in [-0.4, -0.2) is 18.0 Å². The molecule has 2 nitrogen and oxygen atoms in total. The number of carbonyl (C=O) groups is 1. The van der Waals surface area contributed by atoms with Gasteiger partial charge in [0.2, 0.25) is 0 Å². The summed E-state index contributed by atoms with van der Waals surface area (Å²) in [6.07, 6.45) is 2.46. The minimum Gasteiger partial charge on any atom is -0.369 e. The zero-order valence-corrected chi connectivity index (χ0v) is 7.04. The van der Waals surface area contributed by atoms with E-state index in [1.54, 1.807) is 0 Å². The Labute approximate surface area is 66.9 Å². The number of rotatable bonds is 2. The van der Waals surface area contributed by atoms with Crippen molar-refractivity contribution in [1.29, 1.82) is 0 Å². The van der Waals surface area contributed by atoms with Crippen molar-refractivity contribution in [3.8, 4) is 0 Å². The molecule has 2 heteroatoms. The summed E-state index contributed by atoms with van der Waals surface area (Å²) in [7, 11) is 0. The molecule has 4 unspecified atom stereocenters. The van der Waals surface area contributed by atoms with E-state index in [1.165, 1.54) is 0 Å². The highest BCUT2D eigenvalue weighted by molar-refractivity contribution is 5.82. The molecule has 0 radical (unpaired) electrons. The fourth-order valence-electron chi connectivity index (χ4n) is 2.16. The van der Waals surface area contributed by atoms with E-state index in [0.29, 0.717) is 30.3 Å². The smallest absolute Gasteiger partial charge is 0.138 e. The Balaban J connectivity index is 2.02. The van der Waals surface area contributed by atoms with Gasteiger partial charge in [-0.2, -0.15) is 0 Å². The maximum absolute atomic E-state index is 11.3. The lowest BCUT2D eigenvalue weighted by molar-refractivity contribution is -0.123. The first-order valence-corrected chi connectivity index (χ1v) is 4.42. The summed E-state index contributed by atoms with van der Waals surface area (Å²) < 4.78 is 5.38. The van der Waals surface area contributed by atoms with Crippen LogP contribution in [0.2, 0.25) is 0 Å². The van der Waals surface area contributed by atoms with Crippen molar-refractivity contribution in [1.82, 2.24) is 0 Å². The van der Waals surface area contributed by atoms with Gasteiger partial charge in [-0.25, -0.2) is 0 Å². The van der Waals surface area contributed by atoms with E-state index in [4.69, 9.17) is 4.74 Å². The van der Waals surface area contributed by atoms with Crippen LogP contribution in [0.1, 0.15) is 26.7 Å². The van der Waals surface area contributed by atoms with Crippen molar-refractivity contribution < 1.29 is 9.53 Å². The minimum atomic E-state index is 0.236. The molecule has 1 aliphatic carbocycles. The molecule has 2 aliphatic rings. The standard InChI is InChI=1S/C9H14O2/c1-3-7(10)6-4-5(2)8-9(6)11-8/h5-6,8-9H,3-4H2,1-2H3. The normalized spacial score (nSPS) is 47.1. The van der Waals surface area contributed by atoms with Crippen LogP contribution in [-0.2, 0) is 9.53 Å². The molecule has 2 rings (SSSR count). The molecule has 4 atom stereocenters. The zero-order valence-electron chi connectivity index (χ0n) is 7.04. The van der Waals surface area contributed by atoms with Crippen LogP contribution < -0.4 is 0 Å². The van der Waals surface area contributed by atoms with Crippen LogP contribution in [0.5, 0.6) is 0 Å².